The van der Waals surface area contributed by atoms with Gasteiger partial charge in [-0.3, -0.25) is 9.35 Å². The quantitative estimate of drug-likeness (QED) is 0.201. The van der Waals surface area contributed by atoms with Crippen molar-refractivity contribution in [2.45, 2.75) is 49.3 Å². The van der Waals surface area contributed by atoms with Gasteiger partial charge in [0.25, 0.3) is 0 Å². The van der Waals surface area contributed by atoms with Gasteiger partial charge in [-0.25, -0.2) is 4.79 Å². The van der Waals surface area contributed by atoms with Crippen LogP contribution in [0.25, 0.3) is 0 Å². The molecule has 0 aromatic carbocycles. The highest BCUT2D eigenvalue weighted by molar-refractivity contribution is 7.86. The summed E-state index contributed by atoms with van der Waals surface area (Å²) in [5.41, 5.74) is 0. The van der Waals surface area contributed by atoms with Crippen LogP contribution >= 0.6 is 0 Å². The SMILES string of the molecule is C=COC(=O)C(OCC(F)(F)S(=O)(=O)O)(OC(=O)C1CCCCC1)C(F)(F)F. The molecule has 28 heavy (non-hydrogen) atoms. The van der Waals surface area contributed by atoms with Crippen LogP contribution in [0.4, 0.5) is 22.0 Å². The topological polar surface area (TPSA) is 116 Å². The summed E-state index contributed by atoms with van der Waals surface area (Å²) in [6.07, 6.45) is -3.80. The van der Waals surface area contributed by atoms with Crippen LogP contribution in [0.15, 0.2) is 12.8 Å². The van der Waals surface area contributed by atoms with E-state index in [1.807, 2.05) is 0 Å². The number of hydrogen-bond donors (Lipinski definition) is 1. The normalized spacial score (nSPS) is 18.8. The lowest BCUT2D eigenvalue weighted by atomic mass is 9.89. The third-order valence-electron chi connectivity index (χ3n) is 3.84. The van der Waals surface area contributed by atoms with E-state index in [2.05, 4.69) is 20.8 Å². The Balaban J connectivity index is 3.27. The number of alkyl halides is 5. The van der Waals surface area contributed by atoms with Gasteiger partial charge < -0.3 is 14.2 Å². The van der Waals surface area contributed by atoms with Crippen molar-refractivity contribution in [3.63, 3.8) is 0 Å². The first-order valence-corrected chi connectivity index (χ1v) is 9.22. The van der Waals surface area contributed by atoms with Crippen molar-refractivity contribution in [1.82, 2.24) is 0 Å². The molecule has 0 bridgehead atoms. The molecule has 1 aliphatic carbocycles. The summed E-state index contributed by atoms with van der Waals surface area (Å²) in [4.78, 5) is 23.9. The lowest BCUT2D eigenvalue weighted by Gasteiger charge is -2.34. The van der Waals surface area contributed by atoms with Crippen molar-refractivity contribution in [3.05, 3.63) is 12.8 Å². The van der Waals surface area contributed by atoms with Crippen LogP contribution in [0.3, 0.4) is 0 Å². The third kappa shape index (κ3) is 5.38. The molecule has 1 atom stereocenters. The van der Waals surface area contributed by atoms with Crippen LogP contribution in [0, 0.1) is 5.92 Å². The molecule has 1 aliphatic rings. The molecule has 1 unspecified atom stereocenters. The Morgan fingerprint density at radius 1 is 1.11 bits per heavy atom. The highest BCUT2D eigenvalue weighted by Crippen LogP contribution is 2.39. The number of halogens is 5. The first-order valence-electron chi connectivity index (χ1n) is 7.78. The molecule has 0 spiro atoms. The van der Waals surface area contributed by atoms with E-state index in [0.29, 0.717) is 19.3 Å². The first-order chi connectivity index (χ1) is 12.7. The van der Waals surface area contributed by atoms with E-state index in [-0.39, 0.29) is 19.1 Å². The van der Waals surface area contributed by atoms with Gasteiger partial charge in [0, 0.05) is 0 Å². The highest BCUT2D eigenvalue weighted by atomic mass is 32.2. The van der Waals surface area contributed by atoms with E-state index < -0.39 is 51.8 Å². The smallest absolute Gasteiger partial charge is 0.430 e. The van der Waals surface area contributed by atoms with E-state index in [1.54, 1.807) is 0 Å². The lowest BCUT2D eigenvalue weighted by Crippen LogP contribution is -2.60. The zero-order valence-electron chi connectivity index (χ0n) is 14.2. The molecule has 1 N–H and O–H groups in total. The fraction of sp³-hybridized carbons (Fsp3) is 0.714. The minimum Gasteiger partial charge on any atom is -0.430 e. The molecule has 162 valence electrons. The van der Waals surface area contributed by atoms with Crippen molar-refractivity contribution < 1.29 is 58.7 Å². The van der Waals surface area contributed by atoms with E-state index in [0.717, 1.165) is 0 Å². The predicted octanol–water partition coefficient (Wildman–Crippen LogP) is 2.55. The summed E-state index contributed by atoms with van der Waals surface area (Å²) >= 11 is 0. The van der Waals surface area contributed by atoms with E-state index in [9.17, 15) is 40.0 Å². The summed E-state index contributed by atoms with van der Waals surface area (Å²) in [6.45, 7) is 0.166. The molecule has 0 amide bonds. The molecule has 0 heterocycles. The van der Waals surface area contributed by atoms with Gasteiger partial charge >= 0.3 is 39.3 Å². The number of ether oxygens (including phenoxy) is 3. The molecule has 1 saturated carbocycles. The van der Waals surface area contributed by atoms with Crippen LogP contribution < -0.4 is 0 Å². The number of carbonyl (C=O) groups is 2. The standard InChI is InChI=1S/C14H17F5O8S/c1-2-25-11(21)13(14(17,18)19,26-8-12(15,16)28(22,23)24)27-10(20)9-6-4-3-5-7-9/h2,9H,1,3-8H2,(H,22,23,24). The molecule has 0 radical (unpaired) electrons. The molecule has 0 saturated heterocycles. The summed E-state index contributed by atoms with van der Waals surface area (Å²) in [5.74, 6) is -9.79. The average molecular weight is 440 g/mol. The van der Waals surface area contributed by atoms with Crippen molar-refractivity contribution in [1.29, 1.82) is 0 Å². The first kappa shape index (κ1) is 24.2. The Morgan fingerprint density at radius 2 is 1.64 bits per heavy atom. The zero-order chi connectivity index (χ0) is 21.8. The Hall–Kier alpha value is -1.80. The Morgan fingerprint density at radius 3 is 2.07 bits per heavy atom. The van der Waals surface area contributed by atoms with Crippen LogP contribution in [0.2, 0.25) is 0 Å². The molecule has 14 heteroatoms. The van der Waals surface area contributed by atoms with Gasteiger partial charge in [-0.15, -0.1) is 0 Å². The van der Waals surface area contributed by atoms with Gasteiger partial charge in [-0.1, -0.05) is 25.8 Å². The van der Waals surface area contributed by atoms with Crippen LogP contribution in [0.1, 0.15) is 32.1 Å². The molecule has 0 aromatic rings. The van der Waals surface area contributed by atoms with Crippen molar-refractivity contribution in [3.8, 4) is 0 Å². The summed E-state index contributed by atoms with van der Waals surface area (Å²) in [5, 5.41) is -5.24. The molecular formula is C14H17F5O8S. The number of carbonyl (C=O) groups excluding carboxylic acids is 2. The van der Waals surface area contributed by atoms with Crippen LogP contribution in [-0.2, 0) is 33.9 Å². The maximum absolute atomic E-state index is 13.6. The minimum atomic E-state index is -6.20. The van der Waals surface area contributed by atoms with Crippen LogP contribution in [-0.4, -0.2) is 48.7 Å². The van der Waals surface area contributed by atoms with Gasteiger partial charge in [0.05, 0.1) is 12.2 Å². The molecule has 1 fully saturated rings. The summed E-state index contributed by atoms with van der Waals surface area (Å²) in [6, 6.07) is 0. The van der Waals surface area contributed by atoms with Gasteiger partial charge in [-0.05, 0) is 12.8 Å². The third-order valence-corrected chi connectivity index (χ3v) is 4.71. The number of hydrogen-bond acceptors (Lipinski definition) is 7. The van der Waals surface area contributed by atoms with Gasteiger partial charge in [0.15, 0.2) is 0 Å². The minimum absolute atomic E-state index is 0.129. The van der Waals surface area contributed by atoms with Gasteiger partial charge in [0.1, 0.15) is 6.61 Å². The van der Waals surface area contributed by atoms with Gasteiger partial charge in [0.2, 0.25) is 0 Å². The number of rotatable bonds is 8. The lowest BCUT2D eigenvalue weighted by molar-refractivity contribution is -0.360. The van der Waals surface area contributed by atoms with Crippen molar-refractivity contribution >= 4 is 22.1 Å². The summed E-state index contributed by atoms with van der Waals surface area (Å²) in [7, 11) is -6.20. The van der Waals surface area contributed by atoms with E-state index >= 15 is 0 Å². The highest BCUT2D eigenvalue weighted by Gasteiger charge is 2.69. The van der Waals surface area contributed by atoms with Crippen molar-refractivity contribution in [2.24, 2.45) is 5.92 Å². The van der Waals surface area contributed by atoms with Crippen molar-refractivity contribution in [2.75, 3.05) is 6.61 Å². The maximum atomic E-state index is 13.6. The molecule has 0 aromatic heterocycles. The predicted molar refractivity (Wildman–Crippen MR) is 80.2 cm³/mol. The molecule has 0 aliphatic heterocycles. The molecule has 8 nitrogen and oxygen atoms in total. The van der Waals surface area contributed by atoms with E-state index in [1.165, 1.54) is 0 Å². The van der Waals surface area contributed by atoms with E-state index in [4.69, 9.17) is 4.55 Å². The average Bonchev–Trinajstić information content (AvgIpc) is 2.57. The Kier molecular flexibility index (Phi) is 7.53. The fourth-order valence-electron chi connectivity index (χ4n) is 2.36. The molecular weight excluding hydrogens is 423 g/mol. The van der Waals surface area contributed by atoms with Gasteiger partial charge in [-0.2, -0.15) is 30.4 Å². The molecule has 1 rings (SSSR count). The largest absolute Gasteiger partial charge is 0.468 e. The number of esters is 2. The second-order valence-corrected chi connectivity index (χ2v) is 7.39. The second kappa shape index (κ2) is 8.69. The monoisotopic (exact) mass is 440 g/mol. The Bertz CT molecular complexity index is 699. The second-order valence-electron chi connectivity index (χ2n) is 5.84. The van der Waals surface area contributed by atoms with Crippen LogP contribution in [0.5, 0.6) is 0 Å². The maximum Gasteiger partial charge on any atom is 0.468 e. The fourth-order valence-corrected chi connectivity index (χ4v) is 2.57. The zero-order valence-corrected chi connectivity index (χ0v) is 15.0. The Labute approximate surface area is 156 Å². The summed E-state index contributed by atoms with van der Waals surface area (Å²) < 4.78 is 109.